The van der Waals surface area contributed by atoms with Gasteiger partial charge in [0.2, 0.25) is 5.91 Å². The molecule has 0 spiro atoms. The van der Waals surface area contributed by atoms with Crippen molar-refractivity contribution in [3.8, 4) is 0 Å². The summed E-state index contributed by atoms with van der Waals surface area (Å²) in [6.07, 6.45) is -1.78. The Morgan fingerprint density at radius 2 is 2.07 bits per heavy atom. The predicted molar refractivity (Wildman–Crippen MR) is 55.8 cm³/mol. The molecule has 1 unspecified atom stereocenters. The van der Waals surface area contributed by atoms with Gasteiger partial charge in [-0.1, -0.05) is 29.8 Å². The van der Waals surface area contributed by atoms with Crippen LogP contribution in [0.2, 0.25) is 0 Å². The Labute approximate surface area is 91.8 Å². The molecule has 0 fully saturated rings. The van der Waals surface area contributed by atoms with Crippen molar-refractivity contribution in [1.82, 2.24) is 4.90 Å². The Morgan fingerprint density at radius 1 is 1.50 bits per heavy atom. The molecular formula is C9H16BrF2NO. The number of carbonyl (C=O) groups excluding carboxylic acids is 1. The van der Waals surface area contributed by atoms with Crippen LogP contribution in [0.25, 0.3) is 0 Å². The van der Waals surface area contributed by atoms with Gasteiger partial charge in [0.15, 0.2) is 0 Å². The molecule has 0 rings (SSSR count). The lowest BCUT2D eigenvalue weighted by atomic mass is 10.1. The normalized spacial score (nSPS) is 13.0. The highest BCUT2D eigenvalue weighted by atomic mass is 79.9. The maximum atomic E-state index is 12.1. The number of halogens is 3. The molecule has 0 bridgehead atoms. The third kappa shape index (κ3) is 4.88. The van der Waals surface area contributed by atoms with Crippen molar-refractivity contribution in [2.45, 2.75) is 26.7 Å². The summed E-state index contributed by atoms with van der Waals surface area (Å²) in [5, 5.41) is 0.530. The maximum Gasteiger partial charge on any atom is 0.255 e. The first kappa shape index (κ1) is 13.8. The largest absolute Gasteiger partial charge is 0.336 e. The van der Waals surface area contributed by atoms with E-state index in [2.05, 4.69) is 15.9 Å². The molecule has 0 saturated heterocycles. The van der Waals surface area contributed by atoms with Crippen LogP contribution < -0.4 is 0 Å². The van der Waals surface area contributed by atoms with Gasteiger partial charge in [-0.3, -0.25) is 4.79 Å². The molecule has 0 aliphatic carbocycles. The number of rotatable bonds is 6. The van der Waals surface area contributed by atoms with Crippen LogP contribution in [0, 0.1) is 5.92 Å². The van der Waals surface area contributed by atoms with E-state index in [1.807, 2.05) is 6.92 Å². The van der Waals surface area contributed by atoms with E-state index in [1.165, 1.54) is 4.90 Å². The molecular weight excluding hydrogens is 256 g/mol. The summed E-state index contributed by atoms with van der Waals surface area (Å²) in [5.41, 5.74) is 0. The first-order valence-corrected chi connectivity index (χ1v) is 5.77. The molecule has 1 atom stereocenters. The van der Waals surface area contributed by atoms with E-state index in [-0.39, 0.29) is 11.8 Å². The van der Waals surface area contributed by atoms with E-state index >= 15 is 0 Å². The van der Waals surface area contributed by atoms with Gasteiger partial charge in [0.1, 0.15) is 0 Å². The van der Waals surface area contributed by atoms with Gasteiger partial charge >= 0.3 is 0 Å². The van der Waals surface area contributed by atoms with Crippen LogP contribution in [0.3, 0.4) is 0 Å². The fraction of sp³-hybridized carbons (Fsp3) is 0.889. The van der Waals surface area contributed by atoms with E-state index < -0.39 is 13.0 Å². The van der Waals surface area contributed by atoms with Crippen molar-refractivity contribution in [1.29, 1.82) is 0 Å². The van der Waals surface area contributed by atoms with Crippen molar-refractivity contribution < 1.29 is 13.6 Å². The third-order valence-electron chi connectivity index (χ3n) is 2.06. The monoisotopic (exact) mass is 271 g/mol. The third-order valence-corrected chi connectivity index (χ3v) is 2.41. The Morgan fingerprint density at radius 3 is 2.43 bits per heavy atom. The van der Waals surface area contributed by atoms with Gasteiger partial charge in [-0.05, 0) is 6.42 Å². The minimum absolute atomic E-state index is 0.173. The molecule has 0 aromatic carbocycles. The second-order valence-electron chi connectivity index (χ2n) is 3.17. The van der Waals surface area contributed by atoms with Crippen LogP contribution in [0.4, 0.5) is 8.78 Å². The quantitative estimate of drug-likeness (QED) is 0.680. The standard InChI is InChI=1S/C9H16BrF2NO/c1-3-7(2)9(14)13(5-4-10)6-8(11)12/h7-8H,3-6H2,1-2H3. The van der Waals surface area contributed by atoms with Crippen LogP contribution >= 0.6 is 15.9 Å². The highest BCUT2D eigenvalue weighted by molar-refractivity contribution is 9.09. The highest BCUT2D eigenvalue weighted by Crippen LogP contribution is 2.09. The average molecular weight is 272 g/mol. The summed E-state index contributed by atoms with van der Waals surface area (Å²) in [6, 6.07) is 0. The highest BCUT2D eigenvalue weighted by Gasteiger charge is 2.21. The van der Waals surface area contributed by atoms with Gasteiger partial charge < -0.3 is 4.90 Å². The Balaban J connectivity index is 4.24. The van der Waals surface area contributed by atoms with Gasteiger partial charge in [-0.25, -0.2) is 8.78 Å². The smallest absolute Gasteiger partial charge is 0.255 e. The molecule has 0 aliphatic heterocycles. The van der Waals surface area contributed by atoms with E-state index in [9.17, 15) is 13.6 Å². The fourth-order valence-corrected chi connectivity index (χ4v) is 1.47. The van der Waals surface area contributed by atoms with Gasteiger partial charge in [0.05, 0.1) is 6.54 Å². The van der Waals surface area contributed by atoms with Crippen LogP contribution in [0.15, 0.2) is 0 Å². The number of carbonyl (C=O) groups is 1. The Hall–Kier alpha value is -0.190. The van der Waals surface area contributed by atoms with Crippen molar-refractivity contribution in [3.63, 3.8) is 0 Å². The first-order valence-electron chi connectivity index (χ1n) is 4.65. The number of nitrogens with zero attached hydrogens (tertiary/aromatic N) is 1. The second-order valence-corrected chi connectivity index (χ2v) is 3.97. The minimum atomic E-state index is -2.46. The van der Waals surface area contributed by atoms with Crippen LogP contribution in [-0.2, 0) is 4.79 Å². The van der Waals surface area contributed by atoms with Crippen molar-refractivity contribution in [2.24, 2.45) is 5.92 Å². The topological polar surface area (TPSA) is 20.3 Å². The lowest BCUT2D eigenvalue weighted by Gasteiger charge is -2.24. The average Bonchev–Trinajstić information content (AvgIpc) is 2.14. The maximum absolute atomic E-state index is 12.1. The SMILES string of the molecule is CCC(C)C(=O)N(CCBr)CC(F)F. The summed E-state index contributed by atoms with van der Waals surface area (Å²) >= 11 is 3.14. The van der Waals surface area contributed by atoms with Crippen LogP contribution in [0.5, 0.6) is 0 Å². The van der Waals surface area contributed by atoms with Crippen LogP contribution in [-0.4, -0.2) is 35.7 Å². The molecule has 0 N–H and O–H groups in total. The van der Waals surface area contributed by atoms with E-state index in [1.54, 1.807) is 6.92 Å². The van der Waals surface area contributed by atoms with Gasteiger partial charge in [-0.2, -0.15) is 0 Å². The number of alkyl halides is 3. The molecule has 84 valence electrons. The lowest BCUT2D eigenvalue weighted by molar-refractivity contribution is -0.136. The molecule has 1 amide bonds. The number of hydrogen-bond acceptors (Lipinski definition) is 1. The fourth-order valence-electron chi connectivity index (χ4n) is 1.05. The summed E-state index contributed by atoms with van der Waals surface area (Å²) in [7, 11) is 0. The van der Waals surface area contributed by atoms with Crippen molar-refractivity contribution in [2.75, 3.05) is 18.4 Å². The summed E-state index contributed by atoms with van der Waals surface area (Å²) in [5.74, 6) is -0.361. The van der Waals surface area contributed by atoms with Crippen molar-refractivity contribution in [3.05, 3.63) is 0 Å². The zero-order valence-corrected chi connectivity index (χ0v) is 10.1. The summed E-state index contributed by atoms with van der Waals surface area (Å²) in [6.45, 7) is 3.51. The Bertz CT molecular complexity index is 178. The molecule has 2 nitrogen and oxygen atoms in total. The zero-order chi connectivity index (χ0) is 11.1. The van der Waals surface area contributed by atoms with E-state index in [0.717, 1.165) is 0 Å². The zero-order valence-electron chi connectivity index (χ0n) is 8.47. The first-order chi connectivity index (χ1) is 6.52. The van der Waals surface area contributed by atoms with E-state index in [4.69, 9.17) is 0 Å². The predicted octanol–water partition coefficient (Wildman–Crippen LogP) is 2.52. The number of amides is 1. The molecule has 0 heterocycles. The molecule has 5 heteroatoms. The number of hydrogen-bond donors (Lipinski definition) is 0. The molecule has 0 saturated carbocycles. The molecule has 14 heavy (non-hydrogen) atoms. The molecule has 0 radical (unpaired) electrons. The molecule has 0 aliphatic rings. The van der Waals surface area contributed by atoms with Gasteiger partial charge in [-0.15, -0.1) is 0 Å². The minimum Gasteiger partial charge on any atom is -0.336 e. The lowest BCUT2D eigenvalue weighted by Crippen LogP contribution is -2.39. The van der Waals surface area contributed by atoms with Crippen LogP contribution in [0.1, 0.15) is 20.3 Å². The summed E-state index contributed by atoms with van der Waals surface area (Å²) < 4.78 is 24.3. The van der Waals surface area contributed by atoms with Gasteiger partial charge in [0.25, 0.3) is 6.43 Å². The van der Waals surface area contributed by atoms with Gasteiger partial charge in [0, 0.05) is 17.8 Å². The Kier molecular flexibility index (Phi) is 7.05. The van der Waals surface area contributed by atoms with E-state index in [0.29, 0.717) is 18.3 Å². The molecule has 0 aromatic heterocycles. The van der Waals surface area contributed by atoms with Crippen molar-refractivity contribution >= 4 is 21.8 Å². The second kappa shape index (κ2) is 7.15. The molecule has 0 aromatic rings. The summed E-state index contributed by atoms with van der Waals surface area (Å²) in [4.78, 5) is 12.8.